The van der Waals surface area contributed by atoms with E-state index in [0.29, 0.717) is 11.3 Å². The van der Waals surface area contributed by atoms with Crippen LogP contribution >= 0.6 is 11.6 Å². The molecule has 100 valence electrons. The molecule has 0 bridgehead atoms. The summed E-state index contributed by atoms with van der Waals surface area (Å²) < 4.78 is 5.61. The topological polar surface area (TPSA) is 60.2 Å². The second-order valence-corrected chi connectivity index (χ2v) is 5.09. The summed E-state index contributed by atoms with van der Waals surface area (Å²) in [6.45, 7) is 0.921. The Morgan fingerprint density at radius 1 is 1.56 bits per heavy atom. The van der Waals surface area contributed by atoms with Gasteiger partial charge in [-0.15, -0.1) is 0 Å². The molecule has 18 heavy (non-hydrogen) atoms. The lowest BCUT2D eigenvalue weighted by atomic mass is 10.0. The summed E-state index contributed by atoms with van der Waals surface area (Å²) in [5.74, 6) is 5.60. The van der Waals surface area contributed by atoms with Crippen molar-refractivity contribution in [2.75, 3.05) is 6.61 Å². The van der Waals surface area contributed by atoms with Gasteiger partial charge in [-0.3, -0.25) is 11.3 Å². The van der Waals surface area contributed by atoms with Crippen molar-refractivity contribution in [2.24, 2.45) is 5.84 Å². The van der Waals surface area contributed by atoms with Gasteiger partial charge in [0.2, 0.25) is 0 Å². The Bertz CT molecular complexity index is 352. The molecule has 1 aromatic rings. The second kappa shape index (κ2) is 7.04. The highest BCUT2D eigenvalue weighted by atomic mass is 35.5. The summed E-state index contributed by atoms with van der Waals surface area (Å²) >= 11 is 5.77. The Morgan fingerprint density at radius 2 is 2.44 bits per heavy atom. The third-order valence-electron chi connectivity index (χ3n) is 3.40. The van der Waals surface area contributed by atoms with Crippen LogP contribution in [0, 0.1) is 0 Å². The monoisotopic (exact) mass is 269 g/mol. The number of aromatic nitrogens is 1. The van der Waals surface area contributed by atoms with Crippen molar-refractivity contribution >= 4 is 11.6 Å². The van der Waals surface area contributed by atoms with Crippen LogP contribution in [0.4, 0.5) is 0 Å². The lowest BCUT2D eigenvalue weighted by Gasteiger charge is -2.17. The largest absolute Gasteiger partial charge is 0.378 e. The maximum Gasteiger partial charge on any atom is 0.129 e. The first-order chi connectivity index (χ1) is 8.79. The molecule has 5 heteroatoms. The SMILES string of the molecule is NNC(CCCC1CCCO1)c1ccc(Cl)nc1. The van der Waals surface area contributed by atoms with E-state index >= 15 is 0 Å². The molecule has 0 spiro atoms. The average Bonchev–Trinajstić information content (AvgIpc) is 2.89. The van der Waals surface area contributed by atoms with Gasteiger partial charge in [-0.2, -0.15) is 0 Å². The molecule has 0 radical (unpaired) electrons. The number of rotatable bonds is 6. The van der Waals surface area contributed by atoms with Gasteiger partial charge in [-0.1, -0.05) is 17.7 Å². The molecule has 0 saturated carbocycles. The van der Waals surface area contributed by atoms with Crippen molar-refractivity contribution in [1.82, 2.24) is 10.4 Å². The Hall–Kier alpha value is -0.680. The van der Waals surface area contributed by atoms with Crippen LogP contribution in [0.25, 0.3) is 0 Å². The standard InChI is InChI=1S/C13H20ClN3O/c14-13-7-6-10(9-16-13)12(17-15)5-1-3-11-4-2-8-18-11/h6-7,9,11-12,17H,1-5,8,15H2. The summed E-state index contributed by atoms with van der Waals surface area (Å²) in [6.07, 6.45) is 7.82. The molecule has 2 atom stereocenters. The Balaban J connectivity index is 1.79. The van der Waals surface area contributed by atoms with Crippen LogP contribution in [0.3, 0.4) is 0 Å². The molecule has 2 rings (SSSR count). The fourth-order valence-electron chi connectivity index (χ4n) is 2.36. The molecule has 0 aromatic carbocycles. The van der Waals surface area contributed by atoms with Crippen LogP contribution in [-0.2, 0) is 4.74 Å². The van der Waals surface area contributed by atoms with Crippen LogP contribution in [0.5, 0.6) is 0 Å². The van der Waals surface area contributed by atoms with Gasteiger partial charge in [0.25, 0.3) is 0 Å². The van der Waals surface area contributed by atoms with Gasteiger partial charge in [0.05, 0.1) is 6.10 Å². The predicted molar refractivity (Wildman–Crippen MR) is 72.1 cm³/mol. The van der Waals surface area contributed by atoms with E-state index in [9.17, 15) is 0 Å². The van der Waals surface area contributed by atoms with Crippen LogP contribution in [0.1, 0.15) is 43.7 Å². The van der Waals surface area contributed by atoms with Crippen LogP contribution in [0.15, 0.2) is 18.3 Å². The van der Waals surface area contributed by atoms with E-state index < -0.39 is 0 Å². The van der Waals surface area contributed by atoms with Gasteiger partial charge in [0, 0.05) is 18.8 Å². The summed E-state index contributed by atoms with van der Waals surface area (Å²) in [5.41, 5.74) is 3.92. The molecule has 0 amide bonds. The summed E-state index contributed by atoms with van der Waals surface area (Å²) in [4.78, 5) is 4.08. The minimum absolute atomic E-state index is 0.135. The maximum atomic E-state index is 5.77. The van der Waals surface area contributed by atoms with Crippen LogP contribution in [-0.4, -0.2) is 17.7 Å². The molecule has 2 unspecified atom stereocenters. The molecule has 4 nitrogen and oxygen atoms in total. The molecular formula is C13H20ClN3O. The number of hydrogen-bond acceptors (Lipinski definition) is 4. The quantitative estimate of drug-likeness (QED) is 0.473. The number of pyridine rings is 1. The first-order valence-electron chi connectivity index (χ1n) is 6.49. The van der Waals surface area contributed by atoms with E-state index in [1.165, 1.54) is 12.8 Å². The zero-order valence-electron chi connectivity index (χ0n) is 10.4. The van der Waals surface area contributed by atoms with Crippen molar-refractivity contribution in [3.8, 4) is 0 Å². The van der Waals surface area contributed by atoms with Crippen molar-refractivity contribution in [3.63, 3.8) is 0 Å². The number of nitrogens with two attached hydrogens (primary N) is 1. The van der Waals surface area contributed by atoms with Gasteiger partial charge in [0.15, 0.2) is 0 Å². The summed E-state index contributed by atoms with van der Waals surface area (Å²) in [5, 5.41) is 0.508. The first-order valence-corrected chi connectivity index (χ1v) is 6.86. The van der Waals surface area contributed by atoms with Gasteiger partial charge in [0.1, 0.15) is 5.15 Å². The van der Waals surface area contributed by atoms with E-state index in [4.69, 9.17) is 22.2 Å². The Labute approximate surface area is 113 Å². The lowest BCUT2D eigenvalue weighted by Crippen LogP contribution is -2.28. The summed E-state index contributed by atoms with van der Waals surface area (Å²) in [7, 11) is 0. The fraction of sp³-hybridized carbons (Fsp3) is 0.615. The zero-order chi connectivity index (χ0) is 12.8. The molecule has 1 aliphatic rings. The molecule has 3 N–H and O–H groups in total. The number of halogens is 1. The lowest BCUT2D eigenvalue weighted by molar-refractivity contribution is 0.101. The first kappa shape index (κ1) is 13.7. The highest BCUT2D eigenvalue weighted by Gasteiger charge is 2.16. The molecule has 1 aliphatic heterocycles. The molecule has 1 saturated heterocycles. The van der Waals surface area contributed by atoms with Crippen molar-refractivity contribution in [3.05, 3.63) is 29.0 Å². The molecule has 1 fully saturated rings. The van der Waals surface area contributed by atoms with Crippen molar-refractivity contribution in [2.45, 2.75) is 44.2 Å². The Morgan fingerprint density at radius 3 is 3.06 bits per heavy atom. The smallest absolute Gasteiger partial charge is 0.129 e. The minimum Gasteiger partial charge on any atom is -0.378 e. The van der Waals surface area contributed by atoms with Gasteiger partial charge in [-0.05, 0) is 43.7 Å². The normalized spacial score (nSPS) is 21.1. The van der Waals surface area contributed by atoms with E-state index in [2.05, 4.69) is 10.4 Å². The van der Waals surface area contributed by atoms with E-state index in [1.807, 2.05) is 6.07 Å². The number of ether oxygens (including phenoxy) is 1. The Kier molecular flexibility index (Phi) is 5.38. The van der Waals surface area contributed by atoms with Crippen LogP contribution < -0.4 is 11.3 Å². The number of hydrogen-bond donors (Lipinski definition) is 2. The number of hydrazine groups is 1. The molecule has 0 aliphatic carbocycles. The fourth-order valence-corrected chi connectivity index (χ4v) is 2.47. The maximum absolute atomic E-state index is 5.77. The highest BCUT2D eigenvalue weighted by molar-refractivity contribution is 6.29. The number of nitrogens with one attached hydrogen (secondary N) is 1. The summed E-state index contributed by atoms with van der Waals surface area (Å²) in [6, 6.07) is 3.89. The number of nitrogens with zero attached hydrogens (tertiary/aromatic N) is 1. The van der Waals surface area contributed by atoms with E-state index in [0.717, 1.165) is 31.4 Å². The third-order valence-corrected chi connectivity index (χ3v) is 3.62. The molecular weight excluding hydrogens is 250 g/mol. The highest BCUT2D eigenvalue weighted by Crippen LogP contribution is 2.23. The van der Waals surface area contributed by atoms with Gasteiger partial charge < -0.3 is 4.74 Å². The van der Waals surface area contributed by atoms with Crippen LogP contribution in [0.2, 0.25) is 5.15 Å². The second-order valence-electron chi connectivity index (χ2n) is 4.70. The average molecular weight is 270 g/mol. The molecule has 2 heterocycles. The van der Waals surface area contributed by atoms with Crippen molar-refractivity contribution < 1.29 is 4.74 Å². The minimum atomic E-state index is 0.135. The van der Waals surface area contributed by atoms with Gasteiger partial charge >= 0.3 is 0 Å². The third kappa shape index (κ3) is 3.92. The predicted octanol–water partition coefficient (Wildman–Crippen LogP) is 2.59. The zero-order valence-corrected chi connectivity index (χ0v) is 11.2. The van der Waals surface area contributed by atoms with E-state index in [1.54, 1.807) is 12.3 Å². The molecule has 1 aromatic heterocycles. The van der Waals surface area contributed by atoms with E-state index in [-0.39, 0.29) is 6.04 Å². The van der Waals surface area contributed by atoms with Gasteiger partial charge in [-0.25, -0.2) is 4.98 Å². The van der Waals surface area contributed by atoms with Crippen molar-refractivity contribution in [1.29, 1.82) is 0 Å².